The van der Waals surface area contributed by atoms with Crippen LogP contribution in [0.2, 0.25) is 0 Å². The highest BCUT2D eigenvalue weighted by Gasteiger charge is 2.22. The molecule has 3 nitrogen and oxygen atoms in total. The van der Waals surface area contributed by atoms with Crippen molar-refractivity contribution >= 4 is 27.6 Å². The number of hydrogen-bond acceptors (Lipinski definition) is 2. The SMILES string of the molecule is O=C(O)C(Nc1ccccc1)c1ccc(F)cc1Br. The molecule has 0 amide bonds. The number of hydrogen-bond donors (Lipinski definition) is 2. The number of carboxylic acid groups (broad SMARTS) is 1. The number of halogens is 2. The zero-order chi connectivity index (χ0) is 13.8. The number of benzene rings is 2. The van der Waals surface area contributed by atoms with Gasteiger partial charge >= 0.3 is 5.97 Å². The molecule has 1 atom stereocenters. The molecule has 2 N–H and O–H groups in total. The summed E-state index contributed by atoms with van der Waals surface area (Å²) in [4.78, 5) is 11.4. The van der Waals surface area contributed by atoms with Crippen LogP contribution < -0.4 is 5.32 Å². The first-order chi connectivity index (χ1) is 9.08. The van der Waals surface area contributed by atoms with Crippen LogP contribution in [0.3, 0.4) is 0 Å². The van der Waals surface area contributed by atoms with E-state index >= 15 is 0 Å². The molecule has 2 rings (SSSR count). The van der Waals surface area contributed by atoms with Crippen LogP contribution in [0, 0.1) is 5.82 Å². The molecule has 2 aromatic carbocycles. The van der Waals surface area contributed by atoms with E-state index in [2.05, 4.69) is 21.2 Å². The fourth-order valence-electron chi connectivity index (χ4n) is 1.71. The first kappa shape index (κ1) is 13.5. The lowest BCUT2D eigenvalue weighted by Crippen LogP contribution is -2.21. The minimum Gasteiger partial charge on any atom is -0.479 e. The third-order valence-electron chi connectivity index (χ3n) is 2.61. The molecule has 0 saturated heterocycles. The van der Waals surface area contributed by atoms with E-state index in [4.69, 9.17) is 0 Å². The number of carboxylic acids is 1. The van der Waals surface area contributed by atoms with E-state index in [1.54, 1.807) is 24.3 Å². The lowest BCUT2D eigenvalue weighted by Gasteiger charge is -2.17. The number of carbonyl (C=O) groups is 1. The summed E-state index contributed by atoms with van der Waals surface area (Å²) in [5.41, 5.74) is 1.16. The average molecular weight is 324 g/mol. The van der Waals surface area contributed by atoms with Gasteiger partial charge in [0.15, 0.2) is 6.04 Å². The number of anilines is 1. The highest BCUT2D eigenvalue weighted by atomic mass is 79.9. The molecule has 2 aromatic rings. The molecule has 1 unspecified atom stereocenters. The fraction of sp³-hybridized carbons (Fsp3) is 0.0714. The average Bonchev–Trinajstić information content (AvgIpc) is 2.38. The van der Waals surface area contributed by atoms with Crippen LogP contribution in [0.1, 0.15) is 11.6 Å². The summed E-state index contributed by atoms with van der Waals surface area (Å²) in [6.07, 6.45) is 0. The third kappa shape index (κ3) is 3.32. The Hall–Kier alpha value is -1.88. The lowest BCUT2D eigenvalue weighted by molar-refractivity contribution is -0.138. The van der Waals surface area contributed by atoms with E-state index in [9.17, 15) is 14.3 Å². The molecular weight excluding hydrogens is 313 g/mol. The van der Waals surface area contributed by atoms with Gasteiger partial charge < -0.3 is 10.4 Å². The van der Waals surface area contributed by atoms with Gasteiger partial charge in [0.05, 0.1) is 0 Å². The summed E-state index contributed by atoms with van der Waals surface area (Å²) in [5.74, 6) is -1.45. The molecule has 0 radical (unpaired) electrons. The van der Waals surface area contributed by atoms with Crippen molar-refractivity contribution in [2.45, 2.75) is 6.04 Å². The third-order valence-corrected chi connectivity index (χ3v) is 3.29. The Kier molecular flexibility index (Phi) is 4.16. The van der Waals surface area contributed by atoms with Gasteiger partial charge in [-0.05, 0) is 29.8 Å². The van der Waals surface area contributed by atoms with Crippen LogP contribution in [-0.4, -0.2) is 11.1 Å². The van der Waals surface area contributed by atoms with Gasteiger partial charge in [-0.1, -0.05) is 40.2 Å². The monoisotopic (exact) mass is 323 g/mol. The molecule has 0 saturated carbocycles. The topological polar surface area (TPSA) is 49.3 Å². The summed E-state index contributed by atoms with van der Waals surface area (Å²) in [6.45, 7) is 0. The van der Waals surface area contributed by atoms with Crippen LogP contribution in [0.5, 0.6) is 0 Å². The molecule has 0 aliphatic carbocycles. The maximum absolute atomic E-state index is 13.0. The quantitative estimate of drug-likeness (QED) is 0.899. The molecule has 98 valence electrons. The van der Waals surface area contributed by atoms with E-state index < -0.39 is 17.8 Å². The molecule has 0 aromatic heterocycles. The Morgan fingerprint density at radius 2 is 1.89 bits per heavy atom. The Labute approximate surface area is 118 Å². The van der Waals surface area contributed by atoms with Crippen LogP contribution in [0.25, 0.3) is 0 Å². The number of aliphatic carboxylic acids is 1. The zero-order valence-electron chi connectivity index (χ0n) is 9.81. The highest BCUT2D eigenvalue weighted by Crippen LogP contribution is 2.27. The van der Waals surface area contributed by atoms with Crippen molar-refractivity contribution in [3.05, 3.63) is 64.4 Å². The van der Waals surface area contributed by atoms with E-state index in [1.807, 2.05) is 6.07 Å². The second-order valence-electron chi connectivity index (χ2n) is 3.95. The van der Waals surface area contributed by atoms with Gasteiger partial charge in [-0.2, -0.15) is 0 Å². The van der Waals surface area contributed by atoms with Crippen molar-refractivity contribution < 1.29 is 14.3 Å². The predicted octanol–water partition coefficient (Wildman–Crippen LogP) is 3.83. The second kappa shape index (κ2) is 5.84. The zero-order valence-corrected chi connectivity index (χ0v) is 11.4. The molecule has 0 bridgehead atoms. The van der Waals surface area contributed by atoms with Crippen molar-refractivity contribution in [1.29, 1.82) is 0 Å². The molecule has 0 aliphatic rings. The standard InChI is InChI=1S/C14H11BrFNO2/c15-12-8-9(16)6-7-11(12)13(14(18)19)17-10-4-2-1-3-5-10/h1-8,13,17H,(H,18,19). The van der Waals surface area contributed by atoms with Crippen LogP contribution in [-0.2, 0) is 4.79 Å². The van der Waals surface area contributed by atoms with Crippen LogP contribution in [0.15, 0.2) is 53.0 Å². The van der Waals surface area contributed by atoms with E-state index in [0.29, 0.717) is 15.7 Å². The lowest BCUT2D eigenvalue weighted by atomic mass is 10.1. The first-order valence-corrected chi connectivity index (χ1v) is 6.36. The Morgan fingerprint density at radius 1 is 1.21 bits per heavy atom. The largest absolute Gasteiger partial charge is 0.479 e. The van der Waals surface area contributed by atoms with Crippen molar-refractivity contribution in [3.63, 3.8) is 0 Å². The van der Waals surface area contributed by atoms with Crippen LogP contribution in [0.4, 0.5) is 10.1 Å². The minimum absolute atomic E-state index is 0.417. The van der Waals surface area contributed by atoms with Gasteiger partial charge in [0.2, 0.25) is 0 Å². The predicted molar refractivity (Wildman–Crippen MR) is 74.5 cm³/mol. The van der Waals surface area contributed by atoms with Crippen molar-refractivity contribution in [2.75, 3.05) is 5.32 Å². The first-order valence-electron chi connectivity index (χ1n) is 5.57. The summed E-state index contributed by atoms with van der Waals surface area (Å²) >= 11 is 3.19. The number of nitrogens with one attached hydrogen (secondary N) is 1. The normalized spacial score (nSPS) is 11.9. The highest BCUT2D eigenvalue weighted by molar-refractivity contribution is 9.10. The maximum Gasteiger partial charge on any atom is 0.330 e. The maximum atomic E-state index is 13.0. The van der Waals surface area contributed by atoms with Crippen LogP contribution >= 0.6 is 15.9 Å². The van der Waals surface area contributed by atoms with E-state index in [0.717, 1.165) is 0 Å². The smallest absolute Gasteiger partial charge is 0.330 e. The molecular formula is C14H11BrFNO2. The van der Waals surface area contributed by atoms with Crippen molar-refractivity contribution in [1.82, 2.24) is 0 Å². The summed E-state index contributed by atoms with van der Waals surface area (Å²) in [5, 5.41) is 12.2. The minimum atomic E-state index is -1.03. The van der Waals surface area contributed by atoms with E-state index in [1.165, 1.54) is 18.2 Å². The van der Waals surface area contributed by atoms with Crippen molar-refractivity contribution in [3.8, 4) is 0 Å². The molecule has 0 fully saturated rings. The van der Waals surface area contributed by atoms with Gasteiger partial charge in [-0.25, -0.2) is 9.18 Å². The van der Waals surface area contributed by atoms with E-state index in [-0.39, 0.29) is 0 Å². The Balaban J connectivity index is 2.33. The Bertz CT molecular complexity index is 589. The van der Waals surface area contributed by atoms with Crippen molar-refractivity contribution in [2.24, 2.45) is 0 Å². The molecule has 0 heterocycles. The number of para-hydroxylation sites is 1. The number of rotatable bonds is 4. The summed E-state index contributed by atoms with van der Waals surface area (Å²) in [6, 6.07) is 12.0. The molecule has 0 aliphatic heterocycles. The van der Waals surface area contributed by atoms with Gasteiger partial charge in [0.1, 0.15) is 5.82 Å². The molecule has 0 spiro atoms. The Morgan fingerprint density at radius 3 is 2.47 bits per heavy atom. The summed E-state index contributed by atoms with van der Waals surface area (Å²) < 4.78 is 13.5. The van der Waals surface area contributed by atoms with Gasteiger partial charge in [-0.3, -0.25) is 0 Å². The van der Waals surface area contributed by atoms with Gasteiger partial charge in [0.25, 0.3) is 0 Å². The molecule has 19 heavy (non-hydrogen) atoms. The summed E-state index contributed by atoms with van der Waals surface area (Å²) in [7, 11) is 0. The second-order valence-corrected chi connectivity index (χ2v) is 4.80. The fourth-order valence-corrected chi connectivity index (χ4v) is 2.29. The molecule has 5 heteroatoms. The van der Waals surface area contributed by atoms with Gasteiger partial charge in [0, 0.05) is 10.2 Å². The van der Waals surface area contributed by atoms with Gasteiger partial charge in [-0.15, -0.1) is 0 Å².